The molecule has 23 heavy (non-hydrogen) atoms. The maximum Gasteiger partial charge on any atom is 0.325 e. The molecule has 0 radical (unpaired) electrons. The van der Waals surface area contributed by atoms with E-state index in [0.717, 1.165) is 4.90 Å². The van der Waals surface area contributed by atoms with Gasteiger partial charge in [-0.25, -0.2) is 9.18 Å². The molecule has 118 valence electrons. The molecule has 1 heterocycles. The number of urea groups is 1. The smallest absolute Gasteiger partial charge is 0.319 e. The van der Waals surface area contributed by atoms with E-state index in [1.807, 2.05) is 0 Å². The van der Waals surface area contributed by atoms with Gasteiger partial charge in [-0.2, -0.15) is 0 Å². The van der Waals surface area contributed by atoms with Gasteiger partial charge < -0.3 is 5.32 Å². The number of hydrogen-bond donors (Lipinski definition) is 1. The molecule has 1 saturated heterocycles. The van der Waals surface area contributed by atoms with Gasteiger partial charge >= 0.3 is 6.03 Å². The summed E-state index contributed by atoms with van der Waals surface area (Å²) in [7, 11) is 0. The molecule has 2 aromatic rings. The van der Waals surface area contributed by atoms with E-state index in [1.165, 1.54) is 6.07 Å². The van der Waals surface area contributed by atoms with Crippen molar-refractivity contribution in [2.75, 3.05) is 0 Å². The van der Waals surface area contributed by atoms with Crippen LogP contribution in [0.2, 0.25) is 5.02 Å². The van der Waals surface area contributed by atoms with Crippen LogP contribution in [0.5, 0.6) is 0 Å². The molecule has 3 rings (SSSR count). The fourth-order valence-electron chi connectivity index (χ4n) is 2.62. The standard InChI is InChI=1S/C17H14ClFN2O2/c1-17(12-6-8-13(18)9-7-12)15(22)21(16(23)20-17)10-11-4-2-3-5-14(11)19/h2-9H,10H2,1H3,(H,20,23). The van der Waals surface area contributed by atoms with Crippen molar-refractivity contribution < 1.29 is 14.0 Å². The third-order valence-electron chi connectivity index (χ3n) is 3.98. The zero-order valence-electron chi connectivity index (χ0n) is 12.3. The summed E-state index contributed by atoms with van der Waals surface area (Å²) in [6.07, 6.45) is 0. The van der Waals surface area contributed by atoms with E-state index in [1.54, 1.807) is 49.4 Å². The molecule has 0 spiro atoms. The van der Waals surface area contributed by atoms with Gasteiger partial charge in [0.15, 0.2) is 0 Å². The minimum Gasteiger partial charge on any atom is -0.319 e. The summed E-state index contributed by atoms with van der Waals surface area (Å²) < 4.78 is 13.8. The van der Waals surface area contributed by atoms with Crippen LogP contribution in [0.3, 0.4) is 0 Å². The first-order valence-corrected chi connectivity index (χ1v) is 7.43. The van der Waals surface area contributed by atoms with E-state index in [9.17, 15) is 14.0 Å². The Morgan fingerprint density at radius 1 is 1.13 bits per heavy atom. The number of carbonyl (C=O) groups is 2. The van der Waals surface area contributed by atoms with Gasteiger partial charge in [0.1, 0.15) is 11.4 Å². The molecule has 6 heteroatoms. The average molecular weight is 333 g/mol. The molecule has 0 bridgehead atoms. The highest BCUT2D eigenvalue weighted by Crippen LogP contribution is 2.30. The van der Waals surface area contributed by atoms with Crippen LogP contribution in [-0.4, -0.2) is 16.8 Å². The molecule has 4 nitrogen and oxygen atoms in total. The first-order valence-electron chi connectivity index (χ1n) is 7.05. The van der Waals surface area contributed by atoms with Crippen LogP contribution in [0.4, 0.5) is 9.18 Å². The van der Waals surface area contributed by atoms with Crippen molar-refractivity contribution in [1.29, 1.82) is 0 Å². The number of amides is 3. The van der Waals surface area contributed by atoms with Crippen molar-refractivity contribution in [2.24, 2.45) is 0 Å². The maximum atomic E-state index is 13.8. The number of carbonyl (C=O) groups excluding carboxylic acids is 2. The summed E-state index contributed by atoms with van der Waals surface area (Å²) in [6.45, 7) is 1.51. The lowest BCUT2D eigenvalue weighted by atomic mass is 9.92. The summed E-state index contributed by atoms with van der Waals surface area (Å²) in [5.41, 5.74) is -0.278. The monoisotopic (exact) mass is 332 g/mol. The van der Waals surface area contributed by atoms with Gasteiger partial charge in [0.2, 0.25) is 0 Å². The lowest BCUT2D eigenvalue weighted by Crippen LogP contribution is -2.40. The Labute approximate surface area is 137 Å². The van der Waals surface area contributed by atoms with E-state index in [2.05, 4.69) is 5.32 Å². The van der Waals surface area contributed by atoms with Crippen LogP contribution >= 0.6 is 11.6 Å². The first-order chi connectivity index (χ1) is 10.9. The number of imide groups is 1. The van der Waals surface area contributed by atoms with Crippen LogP contribution < -0.4 is 5.32 Å². The minimum absolute atomic E-state index is 0.111. The Balaban J connectivity index is 1.90. The molecule has 1 atom stereocenters. The molecule has 2 aromatic carbocycles. The highest BCUT2D eigenvalue weighted by molar-refractivity contribution is 6.30. The van der Waals surface area contributed by atoms with Crippen LogP contribution in [0, 0.1) is 5.82 Å². The summed E-state index contributed by atoms with van der Waals surface area (Å²) in [5, 5.41) is 3.22. The molecule has 1 N–H and O–H groups in total. The van der Waals surface area contributed by atoms with Crippen LogP contribution in [0.15, 0.2) is 48.5 Å². The molecular weight excluding hydrogens is 319 g/mol. The summed E-state index contributed by atoms with van der Waals surface area (Å²) in [6, 6.07) is 12.2. The van der Waals surface area contributed by atoms with Crippen molar-refractivity contribution in [3.05, 3.63) is 70.5 Å². The Bertz CT molecular complexity index is 778. The molecule has 3 amide bonds. The third kappa shape index (κ3) is 2.68. The Morgan fingerprint density at radius 3 is 2.43 bits per heavy atom. The minimum atomic E-state index is -1.19. The number of benzene rings is 2. The second kappa shape index (κ2) is 5.66. The Morgan fingerprint density at radius 2 is 1.78 bits per heavy atom. The molecule has 0 aromatic heterocycles. The topological polar surface area (TPSA) is 49.4 Å². The van der Waals surface area contributed by atoms with E-state index >= 15 is 0 Å². The lowest BCUT2D eigenvalue weighted by molar-refractivity contribution is -0.131. The number of halogens is 2. The largest absolute Gasteiger partial charge is 0.325 e. The number of rotatable bonds is 3. The van der Waals surface area contributed by atoms with Gasteiger partial charge in [0.05, 0.1) is 6.54 Å². The summed E-state index contributed by atoms with van der Waals surface area (Å²) >= 11 is 5.86. The molecule has 1 unspecified atom stereocenters. The molecule has 1 aliphatic rings. The van der Waals surface area contributed by atoms with Crippen LogP contribution in [0.1, 0.15) is 18.1 Å². The highest BCUT2D eigenvalue weighted by Gasteiger charge is 2.48. The normalized spacial score (nSPS) is 20.7. The summed E-state index contributed by atoms with van der Waals surface area (Å²) in [4.78, 5) is 25.9. The van der Waals surface area contributed by atoms with Gasteiger partial charge in [0.25, 0.3) is 5.91 Å². The van der Waals surface area contributed by atoms with Gasteiger partial charge in [-0.3, -0.25) is 9.69 Å². The molecular formula is C17H14ClFN2O2. The highest BCUT2D eigenvalue weighted by atomic mass is 35.5. The quantitative estimate of drug-likeness (QED) is 0.875. The second-order valence-corrected chi connectivity index (χ2v) is 5.98. The number of nitrogens with one attached hydrogen (secondary N) is 1. The molecule has 1 fully saturated rings. The maximum absolute atomic E-state index is 13.8. The van der Waals surface area contributed by atoms with Crippen molar-refractivity contribution in [3.63, 3.8) is 0 Å². The molecule has 0 aliphatic carbocycles. The van der Waals surface area contributed by atoms with Gasteiger partial charge in [-0.15, -0.1) is 0 Å². The van der Waals surface area contributed by atoms with Crippen molar-refractivity contribution in [3.8, 4) is 0 Å². The molecule has 0 saturated carbocycles. The van der Waals surface area contributed by atoms with E-state index < -0.39 is 23.3 Å². The van der Waals surface area contributed by atoms with Crippen molar-refractivity contribution >= 4 is 23.5 Å². The van der Waals surface area contributed by atoms with E-state index in [4.69, 9.17) is 11.6 Å². The van der Waals surface area contributed by atoms with Gasteiger partial charge in [0, 0.05) is 10.6 Å². The van der Waals surface area contributed by atoms with Crippen molar-refractivity contribution in [1.82, 2.24) is 10.2 Å². The number of hydrogen-bond acceptors (Lipinski definition) is 2. The van der Waals surface area contributed by atoms with E-state index in [-0.39, 0.29) is 12.1 Å². The molecule has 1 aliphatic heterocycles. The summed E-state index contributed by atoms with van der Waals surface area (Å²) in [5.74, 6) is -0.874. The fourth-order valence-corrected chi connectivity index (χ4v) is 2.74. The predicted octanol–water partition coefficient (Wildman–Crippen LogP) is 3.45. The van der Waals surface area contributed by atoms with Crippen LogP contribution in [-0.2, 0) is 16.9 Å². The predicted molar refractivity (Wildman–Crippen MR) is 84.3 cm³/mol. The average Bonchev–Trinajstić information content (AvgIpc) is 2.74. The Kier molecular flexibility index (Phi) is 3.82. The van der Waals surface area contributed by atoms with E-state index in [0.29, 0.717) is 10.6 Å². The second-order valence-electron chi connectivity index (χ2n) is 5.54. The van der Waals surface area contributed by atoms with Crippen molar-refractivity contribution in [2.45, 2.75) is 19.0 Å². The third-order valence-corrected chi connectivity index (χ3v) is 4.23. The fraction of sp³-hybridized carbons (Fsp3) is 0.176. The Hall–Kier alpha value is -2.40. The number of nitrogens with zero attached hydrogens (tertiary/aromatic N) is 1. The SMILES string of the molecule is CC1(c2ccc(Cl)cc2)NC(=O)N(Cc2ccccc2F)C1=O. The first kappa shape index (κ1) is 15.5. The zero-order valence-corrected chi connectivity index (χ0v) is 13.1. The zero-order chi connectivity index (χ0) is 16.6. The lowest BCUT2D eigenvalue weighted by Gasteiger charge is -2.22. The van der Waals surface area contributed by atoms with Gasteiger partial charge in [-0.1, -0.05) is 41.9 Å². The van der Waals surface area contributed by atoms with Gasteiger partial charge in [-0.05, 0) is 30.7 Å². The van der Waals surface area contributed by atoms with Crippen LogP contribution in [0.25, 0.3) is 0 Å².